The number of rotatable bonds is 15. The van der Waals surface area contributed by atoms with E-state index in [1.165, 1.54) is 12.1 Å². The minimum absolute atomic E-state index is 0.0176. The van der Waals surface area contributed by atoms with Gasteiger partial charge in [0.25, 0.3) is 11.8 Å². The summed E-state index contributed by atoms with van der Waals surface area (Å²) in [5.41, 5.74) is 1.77. The lowest BCUT2D eigenvalue weighted by Crippen LogP contribution is -2.50. The fraction of sp³-hybridized carbons (Fsp3) is 0.533. The maximum atomic E-state index is 13.9. The minimum atomic E-state index is -1.04. The van der Waals surface area contributed by atoms with Gasteiger partial charge in [-0.25, -0.2) is 8.78 Å². The molecular weight excluding hydrogens is 502 g/mol. The highest BCUT2D eigenvalue weighted by Gasteiger charge is 2.25. The van der Waals surface area contributed by atoms with Crippen LogP contribution in [-0.2, 0) is 6.42 Å². The van der Waals surface area contributed by atoms with Crippen LogP contribution in [-0.4, -0.2) is 85.2 Å². The molecule has 0 aliphatic carbocycles. The fourth-order valence-corrected chi connectivity index (χ4v) is 4.67. The number of hydrogen-bond donors (Lipinski definition) is 3. The Kier molecular flexibility index (Phi) is 13.0. The number of likely N-dealkylation sites (N-methyl/N-ethyl adjacent to an activating group) is 1. The van der Waals surface area contributed by atoms with Crippen molar-refractivity contribution in [1.29, 1.82) is 0 Å². The van der Waals surface area contributed by atoms with Gasteiger partial charge in [-0.3, -0.25) is 9.59 Å². The number of carbonyl (C=O) groups excluding carboxylic acids is 2. The summed E-state index contributed by atoms with van der Waals surface area (Å²) in [5.74, 6) is -2.07. The average molecular weight is 547 g/mol. The zero-order valence-corrected chi connectivity index (χ0v) is 24.1. The van der Waals surface area contributed by atoms with Crippen molar-refractivity contribution in [3.05, 3.63) is 70.3 Å². The number of hydrogen-bond acceptors (Lipinski definition) is 5. The largest absolute Gasteiger partial charge is 0.390 e. The Morgan fingerprint density at radius 1 is 0.949 bits per heavy atom. The van der Waals surface area contributed by atoms with E-state index in [4.69, 9.17) is 0 Å². The molecule has 2 aromatic carbocycles. The highest BCUT2D eigenvalue weighted by atomic mass is 19.1. The molecule has 0 heterocycles. The predicted molar refractivity (Wildman–Crippen MR) is 151 cm³/mol. The predicted octanol–water partition coefficient (Wildman–Crippen LogP) is 3.78. The zero-order valence-electron chi connectivity index (χ0n) is 24.1. The number of carbonyl (C=O) groups is 2. The molecule has 2 amide bonds. The number of nitrogens with one attached hydrogen (secondary N) is 2. The van der Waals surface area contributed by atoms with Gasteiger partial charge in [0.1, 0.15) is 11.6 Å². The lowest BCUT2D eigenvalue weighted by molar-refractivity contribution is 0.0755. The van der Waals surface area contributed by atoms with Crippen LogP contribution in [0, 0.1) is 18.6 Å². The Morgan fingerprint density at radius 3 is 2.10 bits per heavy atom. The van der Waals surface area contributed by atoms with Crippen molar-refractivity contribution in [1.82, 2.24) is 20.4 Å². The molecular formula is C30H44F2N4O3. The van der Waals surface area contributed by atoms with E-state index >= 15 is 0 Å². The Labute approximate surface area is 231 Å². The van der Waals surface area contributed by atoms with Crippen molar-refractivity contribution in [2.75, 3.05) is 40.3 Å². The van der Waals surface area contributed by atoms with Crippen molar-refractivity contribution < 1.29 is 23.5 Å². The van der Waals surface area contributed by atoms with E-state index in [1.807, 2.05) is 46.7 Å². The zero-order chi connectivity index (χ0) is 29.1. The molecule has 2 aromatic rings. The normalized spacial score (nSPS) is 13.7. The lowest BCUT2D eigenvalue weighted by atomic mass is 9.99. The first kappa shape index (κ1) is 32.3. The van der Waals surface area contributed by atoms with Gasteiger partial charge < -0.3 is 25.5 Å². The molecule has 0 aromatic heterocycles. The fourth-order valence-electron chi connectivity index (χ4n) is 4.67. The van der Waals surface area contributed by atoms with E-state index in [9.17, 15) is 23.5 Å². The van der Waals surface area contributed by atoms with Crippen molar-refractivity contribution in [2.24, 2.45) is 0 Å². The third-order valence-electron chi connectivity index (χ3n) is 6.33. The van der Waals surface area contributed by atoms with E-state index in [2.05, 4.69) is 10.6 Å². The second-order valence-corrected chi connectivity index (χ2v) is 10.6. The maximum Gasteiger partial charge on any atom is 0.253 e. The first-order valence-corrected chi connectivity index (χ1v) is 13.7. The third-order valence-corrected chi connectivity index (χ3v) is 6.33. The number of amides is 2. The van der Waals surface area contributed by atoms with E-state index in [0.717, 1.165) is 31.0 Å². The Bertz CT molecular complexity index is 1070. The van der Waals surface area contributed by atoms with Crippen LogP contribution in [0.25, 0.3) is 0 Å². The number of halogens is 2. The summed E-state index contributed by atoms with van der Waals surface area (Å²) in [6.45, 7) is 9.97. The first-order chi connectivity index (χ1) is 18.4. The van der Waals surface area contributed by atoms with Gasteiger partial charge in [-0.2, -0.15) is 0 Å². The van der Waals surface area contributed by atoms with Crippen LogP contribution in [0.4, 0.5) is 8.78 Å². The Balaban J connectivity index is 2.29. The van der Waals surface area contributed by atoms with Crippen LogP contribution >= 0.6 is 0 Å². The molecule has 0 aliphatic rings. The van der Waals surface area contributed by atoms with E-state index in [0.29, 0.717) is 24.2 Å². The molecule has 39 heavy (non-hydrogen) atoms. The molecule has 3 N–H and O–H groups in total. The molecule has 0 saturated heterocycles. The topological polar surface area (TPSA) is 84.9 Å². The molecule has 0 spiro atoms. The third kappa shape index (κ3) is 10.7. The standard InChI is InChI=1S/C30H44F2N4O3/c1-7-9-36(10-8-2)30(39)24-12-20(3)11-23(16-24)29(38)34-27(15-22-13-25(31)17-26(32)14-22)28(37)18-33-21(4)19-35(5)6/h11-14,16-17,21,27-28,33,37H,7-10,15,18-19H2,1-6H3,(H,34,38)/t21?,27-,28+/m0/s1. The van der Waals surface area contributed by atoms with Crippen molar-refractivity contribution in [2.45, 2.75) is 65.1 Å². The molecule has 7 nitrogen and oxygen atoms in total. The second-order valence-electron chi connectivity index (χ2n) is 10.6. The van der Waals surface area contributed by atoms with Crippen LogP contribution in [0.2, 0.25) is 0 Å². The Hall–Kier alpha value is -2.88. The highest BCUT2D eigenvalue weighted by molar-refractivity contribution is 6.00. The molecule has 2 rings (SSSR count). The number of aliphatic hydroxyl groups excluding tert-OH is 1. The van der Waals surface area contributed by atoms with E-state index in [1.54, 1.807) is 23.1 Å². The monoisotopic (exact) mass is 546 g/mol. The summed E-state index contributed by atoms with van der Waals surface area (Å²) >= 11 is 0. The summed E-state index contributed by atoms with van der Waals surface area (Å²) in [7, 11) is 3.89. The van der Waals surface area contributed by atoms with Gasteiger partial charge in [0.15, 0.2) is 0 Å². The van der Waals surface area contributed by atoms with Gasteiger partial charge in [0.2, 0.25) is 0 Å². The van der Waals surface area contributed by atoms with Gasteiger partial charge in [-0.1, -0.05) is 13.8 Å². The van der Waals surface area contributed by atoms with Gasteiger partial charge in [-0.05, 0) is 88.7 Å². The smallest absolute Gasteiger partial charge is 0.253 e. The molecule has 216 valence electrons. The van der Waals surface area contributed by atoms with Crippen LogP contribution in [0.5, 0.6) is 0 Å². The van der Waals surface area contributed by atoms with Gasteiger partial charge in [0, 0.05) is 49.4 Å². The van der Waals surface area contributed by atoms with Gasteiger partial charge >= 0.3 is 0 Å². The molecule has 0 radical (unpaired) electrons. The number of aliphatic hydroxyl groups is 1. The van der Waals surface area contributed by atoms with Crippen LogP contribution in [0.3, 0.4) is 0 Å². The minimum Gasteiger partial charge on any atom is -0.390 e. The lowest BCUT2D eigenvalue weighted by Gasteiger charge is -2.27. The van der Waals surface area contributed by atoms with Crippen LogP contribution < -0.4 is 10.6 Å². The highest BCUT2D eigenvalue weighted by Crippen LogP contribution is 2.16. The van der Waals surface area contributed by atoms with Crippen molar-refractivity contribution in [3.8, 4) is 0 Å². The number of nitrogens with zero attached hydrogens (tertiary/aromatic N) is 2. The molecule has 0 saturated carbocycles. The number of benzene rings is 2. The van der Waals surface area contributed by atoms with Crippen LogP contribution in [0.1, 0.15) is 65.5 Å². The summed E-state index contributed by atoms with van der Waals surface area (Å²) in [6.07, 6.45) is 0.628. The van der Waals surface area contributed by atoms with E-state index < -0.39 is 29.7 Å². The molecule has 9 heteroatoms. The van der Waals surface area contributed by atoms with Crippen molar-refractivity contribution in [3.63, 3.8) is 0 Å². The molecule has 3 atom stereocenters. The molecule has 0 bridgehead atoms. The summed E-state index contributed by atoms with van der Waals surface area (Å²) < 4.78 is 27.8. The SMILES string of the molecule is CCCN(CCC)C(=O)c1cc(C)cc(C(=O)N[C@@H](Cc2cc(F)cc(F)c2)[C@H](O)CNC(C)CN(C)C)c1. The van der Waals surface area contributed by atoms with Crippen molar-refractivity contribution >= 4 is 11.8 Å². The molecule has 0 fully saturated rings. The van der Waals surface area contributed by atoms with Gasteiger partial charge in [0.05, 0.1) is 12.1 Å². The summed E-state index contributed by atoms with van der Waals surface area (Å²) in [5, 5.41) is 17.1. The number of aryl methyl sites for hydroxylation is 1. The van der Waals surface area contributed by atoms with Gasteiger partial charge in [-0.15, -0.1) is 0 Å². The van der Waals surface area contributed by atoms with Crippen LogP contribution in [0.15, 0.2) is 36.4 Å². The summed E-state index contributed by atoms with van der Waals surface area (Å²) in [6, 6.07) is 7.39. The Morgan fingerprint density at radius 2 is 1.54 bits per heavy atom. The molecule has 1 unspecified atom stereocenters. The average Bonchev–Trinajstić information content (AvgIpc) is 2.84. The summed E-state index contributed by atoms with van der Waals surface area (Å²) in [4.78, 5) is 30.4. The van der Waals surface area contributed by atoms with E-state index in [-0.39, 0.29) is 30.5 Å². The molecule has 0 aliphatic heterocycles. The first-order valence-electron chi connectivity index (χ1n) is 13.7. The quantitative estimate of drug-likeness (QED) is 0.317. The maximum absolute atomic E-state index is 13.9. The second kappa shape index (κ2) is 15.6.